The number of thiophene rings is 1. The minimum Gasteiger partial charge on any atom is -0.477 e. The molecule has 0 unspecified atom stereocenters. The Labute approximate surface area is 107 Å². The quantitative estimate of drug-likeness (QED) is 0.783. The van der Waals surface area contributed by atoms with Crippen molar-refractivity contribution in [1.82, 2.24) is 15.3 Å². The Balaban J connectivity index is 2.13. The minimum atomic E-state index is -1.21. The first-order chi connectivity index (χ1) is 8.59. The number of H-pyrrole nitrogens is 1. The second-order valence-corrected chi connectivity index (χ2v) is 4.62. The number of aromatic carboxylic acids is 1. The molecule has 1 atom stereocenters. The number of carbonyl (C=O) groups excluding carboxylic acids is 1. The number of carboxylic acids is 1. The number of amides is 1. The molecule has 18 heavy (non-hydrogen) atoms. The largest absolute Gasteiger partial charge is 0.477 e. The summed E-state index contributed by atoms with van der Waals surface area (Å²) in [5, 5.41) is 13.5. The number of nitrogens with zero attached hydrogens (tertiary/aromatic N) is 1. The monoisotopic (exact) mass is 265 g/mol. The highest BCUT2D eigenvalue weighted by Crippen LogP contribution is 2.18. The molecular weight excluding hydrogens is 254 g/mol. The Morgan fingerprint density at radius 3 is 2.94 bits per heavy atom. The number of carboxylic acid groups (broad SMARTS) is 1. The van der Waals surface area contributed by atoms with Crippen molar-refractivity contribution in [2.75, 3.05) is 0 Å². The van der Waals surface area contributed by atoms with Gasteiger partial charge in [0.2, 0.25) is 0 Å². The lowest BCUT2D eigenvalue weighted by molar-refractivity contribution is 0.0684. The molecular formula is C11H11N3O3S. The van der Waals surface area contributed by atoms with Crippen LogP contribution in [0.1, 0.15) is 38.8 Å². The summed E-state index contributed by atoms with van der Waals surface area (Å²) >= 11 is 1.52. The fraction of sp³-hybridized carbons (Fsp3) is 0.182. The molecule has 0 bridgehead atoms. The Morgan fingerprint density at radius 2 is 2.33 bits per heavy atom. The number of imidazole rings is 1. The van der Waals surface area contributed by atoms with Crippen molar-refractivity contribution in [3.05, 3.63) is 40.1 Å². The number of rotatable bonds is 4. The second kappa shape index (κ2) is 5.01. The first-order valence-corrected chi connectivity index (χ1v) is 6.08. The van der Waals surface area contributed by atoms with E-state index in [1.807, 2.05) is 24.4 Å². The lowest BCUT2D eigenvalue weighted by atomic mass is 10.2. The Kier molecular flexibility index (Phi) is 3.42. The van der Waals surface area contributed by atoms with Gasteiger partial charge in [0.05, 0.1) is 12.4 Å². The van der Waals surface area contributed by atoms with Crippen LogP contribution in [0.4, 0.5) is 0 Å². The molecule has 2 aromatic rings. The third-order valence-electron chi connectivity index (χ3n) is 2.39. The van der Waals surface area contributed by atoms with Gasteiger partial charge in [0, 0.05) is 4.88 Å². The van der Waals surface area contributed by atoms with Crippen molar-refractivity contribution in [1.29, 1.82) is 0 Å². The number of carbonyl (C=O) groups is 2. The van der Waals surface area contributed by atoms with Crippen LogP contribution >= 0.6 is 11.3 Å². The van der Waals surface area contributed by atoms with E-state index < -0.39 is 11.9 Å². The molecule has 0 saturated carbocycles. The van der Waals surface area contributed by atoms with Crippen molar-refractivity contribution in [2.24, 2.45) is 0 Å². The van der Waals surface area contributed by atoms with Crippen LogP contribution in [0.25, 0.3) is 0 Å². The van der Waals surface area contributed by atoms with Gasteiger partial charge in [-0.1, -0.05) is 6.07 Å². The van der Waals surface area contributed by atoms with E-state index in [4.69, 9.17) is 5.11 Å². The van der Waals surface area contributed by atoms with Crippen molar-refractivity contribution in [3.8, 4) is 0 Å². The molecule has 1 amide bonds. The molecule has 6 nitrogen and oxygen atoms in total. The van der Waals surface area contributed by atoms with Crippen LogP contribution in [0.15, 0.2) is 23.8 Å². The maximum absolute atomic E-state index is 11.9. The van der Waals surface area contributed by atoms with Crippen molar-refractivity contribution in [3.63, 3.8) is 0 Å². The van der Waals surface area contributed by atoms with Gasteiger partial charge in [-0.05, 0) is 18.4 Å². The maximum atomic E-state index is 11.9. The summed E-state index contributed by atoms with van der Waals surface area (Å²) in [5.41, 5.74) is -0.309. The van der Waals surface area contributed by atoms with Gasteiger partial charge in [0.1, 0.15) is 0 Å². The number of hydrogen-bond acceptors (Lipinski definition) is 4. The molecule has 0 radical (unpaired) electrons. The van der Waals surface area contributed by atoms with Gasteiger partial charge in [-0.2, -0.15) is 0 Å². The van der Waals surface area contributed by atoms with Crippen LogP contribution in [0.5, 0.6) is 0 Å². The van der Waals surface area contributed by atoms with Gasteiger partial charge >= 0.3 is 5.97 Å². The van der Waals surface area contributed by atoms with Gasteiger partial charge in [0.15, 0.2) is 11.4 Å². The summed E-state index contributed by atoms with van der Waals surface area (Å²) in [6.07, 6.45) is 1.19. The average Bonchev–Trinajstić information content (AvgIpc) is 3.00. The molecule has 2 aromatic heterocycles. The van der Waals surface area contributed by atoms with Crippen LogP contribution in [0.2, 0.25) is 0 Å². The Hall–Kier alpha value is -2.15. The van der Waals surface area contributed by atoms with Crippen LogP contribution in [-0.4, -0.2) is 27.0 Å². The number of aromatic nitrogens is 2. The fourth-order valence-corrected chi connectivity index (χ4v) is 2.24. The zero-order valence-corrected chi connectivity index (χ0v) is 10.3. The van der Waals surface area contributed by atoms with Gasteiger partial charge in [-0.15, -0.1) is 11.3 Å². The number of aromatic amines is 1. The third-order valence-corrected chi connectivity index (χ3v) is 3.44. The maximum Gasteiger partial charge on any atom is 0.354 e. The first kappa shape index (κ1) is 12.3. The molecule has 2 rings (SSSR count). The lowest BCUT2D eigenvalue weighted by Gasteiger charge is -2.11. The van der Waals surface area contributed by atoms with E-state index in [-0.39, 0.29) is 17.4 Å². The molecule has 0 aliphatic carbocycles. The van der Waals surface area contributed by atoms with E-state index in [1.54, 1.807) is 0 Å². The van der Waals surface area contributed by atoms with E-state index in [0.29, 0.717) is 0 Å². The van der Waals surface area contributed by atoms with E-state index in [0.717, 1.165) is 4.88 Å². The van der Waals surface area contributed by atoms with Gasteiger partial charge in [0.25, 0.3) is 5.91 Å². The first-order valence-electron chi connectivity index (χ1n) is 5.20. The molecule has 0 spiro atoms. The molecule has 7 heteroatoms. The zero-order chi connectivity index (χ0) is 13.1. The molecule has 0 aliphatic rings. The van der Waals surface area contributed by atoms with E-state index >= 15 is 0 Å². The SMILES string of the molecule is C[C@H](NC(=O)c1nc[nH]c1C(=O)O)c1cccs1. The molecule has 2 heterocycles. The smallest absolute Gasteiger partial charge is 0.354 e. The van der Waals surface area contributed by atoms with E-state index in [1.165, 1.54) is 17.7 Å². The predicted octanol–water partition coefficient (Wildman–Crippen LogP) is 1.66. The molecule has 0 saturated heterocycles. The Morgan fingerprint density at radius 1 is 1.56 bits per heavy atom. The van der Waals surface area contributed by atoms with Gasteiger partial charge in [-0.25, -0.2) is 9.78 Å². The molecule has 0 fully saturated rings. The summed E-state index contributed by atoms with van der Waals surface area (Å²) in [6.45, 7) is 1.83. The average molecular weight is 265 g/mol. The highest BCUT2D eigenvalue weighted by molar-refractivity contribution is 7.10. The van der Waals surface area contributed by atoms with Crippen LogP contribution < -0.4 is 5.32 Å². The summed E-state index contributed by atoms with van der Waals surface area (Å²) < 4.78 is 0. The topological polar surface area (TPSA) is 95.1 Å². The van der Waals surface area contributed by atoms with E-state index in [2.05, 4.69) is 15.3 Å². The van der Waals surface area contributed by atoms with Crippen molar-refractivity contribution in [2.45, 2.75) is 13.0 Å². The molecule has 0 aromatic carbocycles. The predicted molar refractivity (Wildman–Crippen MR) is 65.7 cm³/mol. The van der Waals surface area contributed by atoms with Crippen LogP contribution in [0.3, 0.4) is 0 Å². The number of hydrogen-bond donors (Lipinski definition) is 3. The summed E-state index contributed by atoms with van der Waals surface area (Å²) in [7, 11) is 0. The summed E-state index contributed by atoms with van der Waals surface area (Å²) in [4.78, 5) is 29.9. The van der Waals surface area contributed by atoms with Crippen molar-refractivity contribution >= 4 is 23.2 Å². The lowest BCUT2D eigenvalue weighted by Crippen LogP contribution is -2.28. The minimum absolute atomic E-state index is 0.106. The summed E-state index contributed by atoms with van der Waals surface area (Å²) in [6, 6.07) is 3.61. The Bertz CT molecular complexity index is 562. The van der Waals surface area contributed by atoms with Crippen molar-refractivity contribution < 1.29 is 14.7 Å². The molecule has 94 valence electrons. The summed E-state index contributed by atoms with van der Waals surface area (Å²) in [5.74, 6) is -1.71. The van der Waals surface area contributed by atoms with Crippen LogP contribution in [0, 0.1) is 0 Å². The standard InChI is InChI=1S/C11H11N3O3S/c1-6(7-3-2-4-18-7)14-10(15)8-9(11(16)17)13-5-12-8/h2-6H,1H3,(H,12,13)(H,14,15)(H,16,17)/t6-/m0/s1. The van der Waals surface area contributed by atoms with Gasteiger partial charge in [-0.3, -0.25) is 4.79 Å². The highest BCUT2D eigenvalue weighted by Gasteiger charge is 2.21. The number of nitrogens with one attached hydrogen (secondary N) is 2. The third kappa shape index (κ3) is 2.40. The highest BCUT2D eigenvalue weighted by atomic mass is 32.1. The normalized spacial score (nSPS) is 12.1. The van der Waals surface area contributed by atoms with E-state index in [9.17, 15) is 9.59 Å². The van der Waals surface area contributed by atoms with Gasteiger partial charge < -0.3 is 15.4 Å². The zero-order valence-electron chi connectivity index (χ0n) is 9.51. The fourth-order valence-electron chi connectivity index (χ4n) is 1.50. The second-order valence-electron chi connectivity index (χ2n) is 3.64. The molecule has 0 aliphatic heterocycles. The molecule has 3 N–H and O–H groups in total. The van der Waals surface area contributed by atoms with Crippen LogP contribution in [-0.2, 0) is 0 Å².